The average Bonchev–Trinajstić information content (AvgIpc) is 2.46. The zero-order valence-corrected chi connectivity index (χ0v) is 12.6. The Morgan fingerprint density at radius 1 is 1.21 bits per heavy atom. The highest BCUT2D eigenvalue weighted by Crippen LogP contribution is 2.31. The summed E-state index contributed by atoms with van der Waals surface area (Å²) in [5, 5.41) is 0. The number of hydrogen-bond donors (Lipinski definition) is 0. The molecule has 1 aromatic carbocycles. The Kier molecular flexibility index (Phi) is 5.09. The molecular weight excluding hydrogens is 261 g/mol. The van der Waals surface area contributed by atoms with Crippen molar-refractivity contribution >= 4 is 17.3 Å². The largest absolute Gasteiger partial charge is 0.372 e. The third-order valence-electron chi connectivity index (χ3n) is 4.45. The standard InChI is InChI=1S/C16H23ClFN/c1-3-12-4-6-15(7-5-12)19(2)16-9-13(11-17)8-14(18)10-16/h8-10,12,15H,3-7,11H2,1-2H3. The van der Waals surface area contributed by atoms with Crippen LogP contribution in [0.2, 0.25) is 0 Å². The molecule has 0 N–H and O–H groups in total. The normalized spacial score (nSPS) is 23.4. The van der Waals surface area contributed by atoms with Crippen molar-refractivity contribution in [3.05, 3.63) is 29.6 Å². The molecule has 0 aliphatic heterocycles. The van der Waals surface area contributed by atoms with Gasteiger partial charge in [-0.1, -0.05) is 13.3 Å². The Labute approximate surface area is 120 Å². The molecule has 0 radical (unpaired) electrons. The maximum atomic E-state index is 13.6. The van der Waals surface area contributed by atoms with Gasteiger partial charge in [-0.3, -0.25) is 0 Å². The maximum absolute atomic E-state index is 13.6. The number of anilines is 1. The molecule has 1 aromatic rings. The monoisotopic (exact) mass is 283 g/mol. The topological polar surface area (TPSA) is 3.24 Å². The quantitative estimate of drug-likeness (QED) is 0.705. The lowest BCUT2D eigenvalue weighted by Crippen LogP contribution is -2.35. The van der Waals surface area contributed by atoms with Crippen molar-refractivity contribution in [2.75, 3.05) is 11.9 Å². The van der Waals surface area contributed by atoms with Crippen LogP contribution >= 0.6 is 11.6 Å². The first-order valence-electron chi connectivity index (χ1n) is 7.22. The van der Waals surface area contributed by atoms with Crippen LogP contribution in [0.3, 0.4) is 0 Å². The Hall–Kier alpha value is -0.760. The van der Waals surface area contributed by atoms with Crippen molar-refractivity contribution in [2.45, 2.75) is 50.9 Å². The lowest BCUT2D eigenvalue weighted by molar-refractivity contribution is 0.313. The molecular formula is C16H23ClFN. The molecule has 2 rings (SSSR count). The molecule has 0 unspecified atom stereocenters. The molecule has 0 atom stereocenters. The average molecular weight is 284 g/mol. The molecule has 0 aromatic heterocycles. The van der Waals surface area contributed by atoms with Crippen molar-refractivity contribution in [1.82, 2.24) is 0 Å². The van der Waals surface area contributed by atoms with Gasteiger partial charge in [0.2, 0.25) is 0 Å². The highest BCUT2D eigenvalue weighted by Gasteiger charge is 2.23. The summed E-state index contributed by atoms with van der Waals surface area (Å²) in [5.41, 5.74) is 1.81. The molecule has 1 aliphatic rings. The van der Waals surface area contributed by atoms with Gasteiger partial charge in [0.15, 0.2) is 0 Å². The lowest BCUT2D eigenvalue weighted by atomic mass is 9.84. The lowest BCUT2D eigenvalue weighted by Gasteiger charge is -2.36. The number of halogens is 2. The minimum absolute atomic E-state index is 0.192. The summed E-state index contributed by atoms with van der Waals surface area (Å²) in [6.45, 7) is 2.27. The molecule has 0 spiro atoms. The van der Waals surface area contributed by atoms with Crippen LogP contribution in [0.4, 0.5) is 10.1 Å². The molecule has 1 nitrogen and oxygen atoms in total. The van der Waals surface area contributed by atoms with E-state index in [1.165, 1.54) is 38.2 Å². The first-order valence-corrected chi connectivity index (χ1v) is 7.75. The van der Waals surface area contributed by atoms with Crippen LogP contribution in [-0.2, 0) is 5.88 Å². The van der Waals surface area contributed by atoms with Crippen molar-refractivity contribution < 1.29 is 4.39 Å². The maximum Gasteiger partial charge on any atom is 0.125 e. The minimum Gasteiger partial charge on any atom is -0.372 e. The first-order chi connectivity index (χ1) is 9.13. The van der Waals surface area contributed by atoms with E-state index in [0.717, 1.165) is 17.2 Å². The second-order valence-electron chi connectivity index (χ2n) is 5.65. The Bertz CT molecular complexity index is 413. The predicted octanol–water partition coefficient (Wildman–Crippen LogP) is 4.97. The van der Waals surface area contributed by atoms with E-state index in [1.807, 2.05) is 6.07 Å². The minimum atomic E-state index is -0.192. The van der Waals surface area contributed by atoms with E-state index in [1.54, 1.807) is 6.07 Å². The number of alkyl halides is 1. The van der Waals surface area contributed by atoms with Gasteiger partial charge in [-0.05, 0) is 55.4 Å². The van der Waals surface area contributed by atoms with Gasteiger partial charge in [-0.15, -0.1) is 11.6 Å². The third kappa shape index (κ3) is 3.62. The van der Waals surface area contributed by atoms with Gasteiger partial charge in [0.25, 0.3) is 0 Å². The Morgan fingerprint density at radius 3 is 2.47 bits per heavy atom. The molecule has 0 bridgehead atoms. The van der Waals surface area contributed by atoms with Crippen molar-refractivity contribution in [1.29, 1.82) is 0 Å². The molecule has 106 valence electrons. The molecule has 0 heterocycles. The zero-order valence-electron chi connectivity index (χ0n) is 11.8. The van der Waals surface area contributed by atoms with Crippen LogP contribution in [0.1, 0.15) is 44.6 Å². The number of hydrogen-bond acceptors (Lipinski definition) is 1. The molecule has 0 saturated heterocycles. The van der Waals surface area contributed by atoms with Crippen molar-refractivity contribution in [3.63, 3.8) is 0 Å². The zero-order chi connectivity index (χ0) is 13.8. The Morgan fingerprint density at radius 2 is 1.89 bits per heavy atom. The highest BCUT2D eigenvalue weighted by molar-refractivity contribution is 6.17. The summed E-state index contributed by atoms with van der Waals surface area (Å²) in [4.78, 5) is 2.23. The van der Waals surface area contributed by atoms with E-state index < -0.39 is 0 Å². The summed E-state index contributed by atoms with van der Waals surface area (Å²) in [6, 6.07) is 5.66. The number of rotatable bonds is 4. The molecule has 19 heavy (non-hydrogen) atoms. The van der Waals surface area contributed by atoms with Gasteiger partial charge < -0.3 is 4.90 Å². The molecule has 0 amide bonds. The van der Waals surface area contributed by atoms with Crippen LogP contribution in [0.15, 0.2) is 18.2 Å². The van der Waals surface area contributed by atoms with E-state index >= 15 is 0 Å². The van der Waals surface area contributed by atoms with Gasteiger partial charge in [0.1, 0.15) is 5.82 Å². The van der Waals surface area contributed by atoms with Gasteiger partial charge >= 0.3 is 0 Å². The summed E-state index contributed by atoms with van der Waals surface area (Å²) < 4.78 is 13.6. The Balaban J connectivity index is 2.07. The van der Waals surface area contributed by atoms with Crippen molar-refractivity contribution in [2.24, 2.45) is 5.92 Å². The molecule has 3 heteroatoms. The van der Waals surface area contributed by atoms with Crippen LogP contribution < -0.4 is 4.90 Å². The van der Waals surface area contributed by atoms with Crippen molar-refractivity contribution in [3.8, 4) is 0 Å². The number of benzene rings is 1. The fourth-order valence-electron chi connectivity index (χ4n) is 3.07. The van der Waals surface area contributed by atoms with Gasteiger partial charge in [-0.25, -0.2) is 4.39 Å². The second-order valence-corrected chi connectivity index (χ2v) is 5.91. The van der Waals surface area contributed by atoms with Crippen LogP contribution in [0.5, 0.6) is 0 Å². The molecule has 1 aliphatic carbocycles. The smallest absolute Gasteiger partial charge is 0.125 e. The van der Waals surface area contributed by atoms with Crippen LogP contribution in [0.25, 0.3) is 0 Å². The van der Waals surface area contributed by atoms with Gasteiger partial charge in [-0.2, -0.15) is 0 Å². The van der Waals surface area contributed by atoms with Gasteiger partial charge in [0.05, 0.1) is 0 Å². The predicted molar refractivity (Wildman–Crippen MR) is 80.4 cm³/mol. The number of nitrogens with zero attached hydrogens (tertiary/aromatic N) is 1. The fourth-order valence-corrected chi connectivity index (χ4v) is 3.22. The summed E-state index contributed by atoms with van der Waals surface area (Å²) in [6.07, 6.45) is 6.29. The van der Waals surface area contributed by atoms with E-state index in [0.29, 0.717) is 11.9 Å². The summed E-state index contributed by atoms with van der Waals surface area (Å²) >= 11 is 5.81. The van der Waals surface area contributed by atoms with E-state index in [2.05, 4.69) is 18.9 Å². The third-order valence-corrected chi connectivity index (χ3v) is 4.75. The van der Waals surface area contributed by atoms with E-state index in [4.69, 9.17) is 11.6 Å². The second kappa shape index (κ2) is 6.60. The van der Waals surface area contributed by atoms with E-state index in [-0.39, 0.29) is 5.82 Å². The van der Waals surface area contributed by atoms with Gasteiger partial charge in [0, 0.05) is 24.7 Å². The van der Waals surface area contributed by atoms with Crippen LogP contribution in [0, 0.1) is 11.7 Å². The molecule has 1 saturated carbocycles. The van der Waals surface area contributed by atoms with Crippen LogP contribution in [-0.4, -0.2) is 13.1 Å². The first kappa shape index (κ1) is 14.6. The summed E-state index contributed by atoms with van der Waals surface area (Å²) in [5.74, 6) is 1.05. The SMILES string of the molecule is CCC1CCC(N(C)c2cc(F)cc(CCl)c2)CC1. The van der Waals surface area contributed by atoms with E-state index in [9.17, 15) is 4.39 Å². The fraction of sp³-hybridized carbons (Fsp3) is 0.625. The highest BCUT2D eigenvalue weighted by atomic mass is 35.5. The summed E-state index contributed by atoms with van der Waals surface area (Å²) in [7, 11) is 2.07. The molecule has 1 fully saturated rings.